The zero-order valence-corrected chi connectivity index (χ0v) is 24.1. The lowest BCUT2D eigenvalue weighted by Gasteiger charge is -2.06. The van der Waals surface area contributed by atoms with Crippen molar-refractivity contribution in [1.29, 1.82) is 0 Å². The molecule has 0 radical (unpaired) electrons. The first-order valence-corrected chi connectivity index (χ1v) is 14.0. The topological polar surface area (TPSA) is 89.9 Å². The Morgan fingerprint density at radius 1 is 0.675 bits per heavy atom. The lowest BCUT2D eigenvalue weighted by atomic mass is 10.0. The van der Waals surface area contributed by atoms with Crippen molar-refractivity contribution in [2.75, 3.05) is 11.5 Å². The van der Waals surface area contributed by atoms with Crippen LogP contribution in [0.25, 0.3) is 44.2 Å². The molecular weight excluding hydrogens is 617 g/mol. The molecule has 40 heavy (non-hydrogen) atoms. The van der Waals surface area contributed by atoms with Gasteiger partial charge in [0.05, 0.1) is 7.11 Å². The van der Waals surface area contributed by atoms with E-state index < -0.39 is 5.63 Å². The lowest BCUT2D eigenvalue weighted by Crippen LogP contribution is -1.98. The van der Waals surface area contributed by atoms with Gasteiger partial charge in [-0.1, -0.05) is 90.2 Å². The Bertz CT molecular complexity index is 1830. The minimum Gasteiger partial charge on any atom is -0.508 e. The van der Waals surface area contributed by atoms with E-state index in [1.165, 1.54) is 22.6 Å². The van der Waals surface area contributed by atoms with Crippen molar-refractivity contribution in [3.63, 3.8) is 0 Å². The van der Waals surface area contributed by atoms with Gasteiger partial charge in [0.2, 0.25) is 0 Å². The summed E-state index contributed by atoms with van der Waals surface area (Å²) < 4.78 is 16.7. The number of rotatable bonds is 3. The third-order valence-electron chi connectivity index (χ3n) is 5.85. The Morgan fingerprint density at radius 3 is 1.60 bits per heavy atom. The van der Waals surface area contributed by atoms with Gasteiger partial charge in [-0.2, -0.15) is 0 Å². The van der Waals surface area contributed by atoms with Crippen LogP contribution < -0.4 is 16.0 Å². The number of hydrogen-bond donors (Lipinski definition) is 1. The number of halogens is 1. The van der Waals surface area contributed by atoms with Crippen LogP contribution in [0.5, 0.6) is 11.5 Å². The van der Waals surface area contributed by atoms with Crippen molar-refractivity contribution in [3.05, 3.63) is 130 Å². The van der Waals surface area contributed by atoms with E-state index in [1.54, 1.807) is 25.3 Å². The summed E-state index contributed by atoms with van der Waals surface area (Å²) in [5.74, 6) is 0.747. The van der Waals surface area contributed by atoms with E-state index in [1.807, 2.05) is 72.8 Å². The molecule has 0 aliphatic heterocycles. The molecule has 4 aromatic carbocycles. The zero-order chi connectivity index (χ0) is 28.5. The van der Waals surface area contributed by atoms with Gasteiger partial charge in [-0.3, -0.25) is 0 Å². The van der Waals surface area contributed by atoms with Crippen molar-refractivity contribution in [2.24, 2.45) is 0 Å². The first-order valence-electron chi connectivity index (χ1n) is 12.5. The number of phenols is 1. The van der Waals surface area contributed by atoms with Gasteiger partial charge in [0, 0.05) is 35.0 Å². The normalized spacial score (nSPS) is 10.3. The fourth-order valence-electron chi connectivity index (χ4n) is 4.13. The number of alkyl halides is 1. The molecule has 0 unspecified atom stereocenters. The molecule has 202 valence electrons. The van der Waals surface area contributed by atoms with Crippen LogP contribution in [0.15, 0.2) is 128 Å². The van der Waals surface area contributed by atoms with Gasteiger partial charge in [-0.15, -0.1) is 0 Å². The van der Waals surface area contributed by atoms with Gasteiger partial charge in [0.1, 0.15) is 22.7 Å². The molecule has 0 atom stereocenters. The minimum atomic E-state index is -0.424. The summed E-state index contributed by atoms with van der Waals surface area (Å²) in [6.45, 7) is 2.11. The van der Waals surface area contributed by atoms with Gasteiger partial charge < -0.3 is 18.7 Å². The Morgan fingerprint density at radius 2 is 1.12 bits per heavy atom. The van der Waals surface area contributed by atoms with E-state index in [0.717, 1.165) is 33.0 Å². The monoisotopic (exact) mass is 644 g/mol. The average molecular weight is 644 g/mol. The Kier molecular flexibility index (Phi) is 9.75. The number of ether oxygens (including phenoxy) is 1. The van der Waals surface area contributed by atoms with Crippen LogP contribution in [0.3, 0.4) is 0 Å². The summed E-state index contributed by atoms with van der Waals surface area (Å²) in [4.78, 5) is 23.2. The van der Waals surface area contributed by atoms with Crippen LogP contribution in [-0.4, -0.2) is 16.6 Å². The maximum atomic E-state index is 11.7. The largest absolute Gasteiger partial charge is 0.508 e. The number of phenolic OH excluding ortho intramolecular Hbond substituents is 1. The van der Waals surface area contributed by atoms with Crippen LogP contribution >= 0.6 is 22.6 Å². The lowest BCUT2D eigenvalue weighted by molar-refractivity contribution is 0.414. The predicted octanol–water partition coefficient (Wildman–Crippen LogP) is 8.08. The fourth-order valence-corrected chi connectivity index (χ4v) is 4.13. The maximum absolute atomic E-state index is 11.7. The van der Waals surface area contributed by atoms with E-state index >= 15 is 0 Å². The molecule has 0 spiro atoms. The van der Waals surface area contributed by atoms with E-state index in [4.69, 9.17) is 13.6 Å². The van der Waals surface area contributed by atoms with Crippen LogP contribution in [0, 0.1) is 0 Å². The second-order valence-corrected chi connectivity index (χ2v) is 10.0. The highest BCUT2D eigenvalue weighted by Crippen LogP contribution is 2.30. The summed E-state index contributed by atoms with van der Waals surface area (Å²) in [6.07, 6.45) is 0. The molecular formula is C33H27IO6. The number of fused-ring (bicyclic) bond motifs is 2. The van der Waals surface area contributed by atoms with Crippen molar-refractivity contribution in [1.82, 2.24) is 0 Å². The second kappa shape index (κ2) is 13.6. The minimum absolute atomic E-state index is 0.0795. The van der Waals surface area contributed by atoms with Crippen molar-refractivity contribution in [3.8, 4) is 33.8 Å². The molecule has 0 saturated heterocycles. The Labute approximate surface area is 244 Å². The third-order valence-corrected chi connectivity index (χ3v) is 5.85. The van der Waals surface area contributed by atoms with Crippen LogP contribution in [0.4, 0.5) is 0 Å². The molecule has 0 amide bonds. The first kappa shape index (κ1) is 28.6. The molecule has 7 heteroatoms. The second-order valence-electron chi connectivity index (χ2n) is 8.50. The molecule has 2 heterocycles. The van der Waals surface area contributed by atoms with E-state index in [0.29, 0.717) is 16.9 Å². The SMILES string of the molecule is C[11CH2]I.O=c1cc(-c2ccccc2)c2ccc(O)cc2o1.[11CH3]Oc1ccc2c(-c3ccccc3)cc(=O)oc2c1. The molecule has 0 saturated carbocycles. The van der Waals surface area contributed by atoms with Crippen LogP contribution in [-0.2, 0) is 0 Å². The molecule has 0 fully saturated rings. The molecule has 0 aliphatic carbocycles. The maximum Gasteiger partial charge on any atom is 0.336 e. The first-order chi connectivity index (χ1) is 19.4. The van der Waals surface area contributed by atoms with E-state index in [2.05, 4.69) is 29.5 Å². The summed E-state index contributed by atoms with van der Waals surface area (Å²) in [5.41, 5.74) is 3.75. The molecule has 1 N–H and O–H groups in total. The highest BCUT2D eigenvalue weighted by atomic mass is 127. The highest BCUT2D eigenvalue weighted by Gasteiger charge is 2.09. The Hall–Kier alpha value is -4.37. The van der Waals surface area contributed by atoms with Crippen molar-refractivity contribution in [2.45, 2.75) is 6.92 Å². The van der Waals surface area contributed by atoms with Gasteiger partial charge in [0.25, 0.3) is 0 Å². The van der Waals surface area contributed by atoms with Crippen LogP contribution in [0.1, 0.15) is 6.92 Å². The fraction of sp³-hybridized carbons (Fsp3) is 0.0909. The van der Waals surface area contributed by atoms with Gasteiger partial charge in [-0.05, 0) is 50.9 Å². The van der Waals surface area contributed by atoms with Gasteiger partial charge >= 0.3 is 11.3 Å². The summed E-state index contributed by atoms with van der Waals surface area (Å²) in [6, 6.07) is 32.6. The summed E-state index contributed by atoms with van der Waals surface area (Å²) in [7, 11) is 1.58. The number of methoxy groups -OCH3 is 1. The molecule has 6 rings (SSSR count). The van der Waals surface area contributed by atoms with Crippen molar-refractivity contribution < 1.29 is 18.7 Å². The van der Waals surface area contributed by atoms with E-state index in [9.17, 15) is 14.7 Å². The smallest absolute Gasteiger partial charge is 0.336 e. The third kappa shape index (κ3) is 6.98. The molecule has 2 aromatic heterocycles. The zero-order valence-electron chi connectivity index (χ0n) is 22.0. The van der Waals surface area contributed by atoms with Gasteiger partial charge in [-0.25, -0.2) is 9.59 Å². The molecule has 6 aromatic rings. The molecule has 0 aliphatic rings. The summed E-state index contributed by atoms with van der Waals surface area (Å²) >= 11 is 2.29. The van der Waals surface area contributed by atoms with E-state index in [-0.39, 0.29) is 11.4 Å². The quantitative estimate of drug-likeness (QED) is 0.119. The van der Waals surface area contributed by atoms with Crippen LogP contribution in [0.2, 0.25) is 0 Å². The van der Waals surface area contributed by atoms with Gasteiger partial charge in [0.15, 0.2) is 0 Å². The predicted molar refractivity (Wildman–Crippen MR) is 169 cm³/mol. The van der Waals surface area contributed by atoms with Crippen molar-refractivity contribution >= 4 is 44.5 Å². The molecule has 0 bridgehead atoms. The number of hydrogen-bond acceptors (Lipinski definition) is 6. The average Bonchev–Trinajstić information content (AvgIpc) is 2.97. The Balaban J connectivity index is 0.000000169. The highest BCUT2D eigenvalue weighted by molar-refractivity contribution is 14.1. The number of benzene rings is 4. The standard InChI is InChI=1S/C16H12O3.C15H10O3.C2H5I/c1-18-12-7-8-13-14(11-5-3-2-4-6-11)10-16(17)19-15(13)9-12;16-11-6-7-12-13(10-4-2-1-3-5-10)9-15(17)18-14(12)8-11;1-2-3/h2-10H,1H3;1-9,16H;2H2,1H3/i1-1;;2-1. The summed E-state index contributed by atoms with van der Waals surface area (Å²) in [5, 5.41) is 11.1. The number of aromatic hydroxyl groups is 1. The molecule has 6 nitrogen and oxygen atoms in total.